The molecule has 150 valence electrons. The minimum atomic E-state index is 0.129. The highest BCUT2D eigenvalue weighted by molar-refractivity contribution is 5.94. The summed E-state index contributed by atoms with van der Waals surface area (Å²) in [6, 6.07) is 16.2. The predicted octanol–water partition coefficient (Wildman–Crippen LogP) is 4.27. The standard InChI is InChI=1S/C24H28N4O/c1-18-4-8-23(9-5-18)28-17-21(16-25-28)19-12-14-27(15-13-19)24(29)20-6-10-22(11-7-20)26(2)3/h4-11,16-17,19H,12-15H2,1-3H3. The summed E-state index contributed by atoms with van der Waals surface area (Å²) in [5.41, 5.74) is 5.45. The van der Waals surface area contributed by atoms with Crippen molar-refractivity contribution in [2.45, 2.75) is 25.7 Å². The summed E-state index contributed by atoms with van der Waals surface area (Å²) < 4.78 is 1.94. The molecule has 1 aliphatic heterocycles. The van der Waals surface area contributed by atoms with Crippen molar-refractivity contribution in [1.29, 1.82) is 0 Å². The van der Waals surface area contributed by atoms with Gasteiger partial charge in [-0.25, -0.2) is 4.68 Å². The minimum Gasteiger partial charge on any atom is -0.378 e. The number of piperidine rings is 1. The van der Waals surface area contributed by atoms with E-state index in [1.807, 2.05) is 59.0 Å². The molecule has 0 atom stereocenters. The van der Waals surface area contributed by atoms with Crippen LogP contribution in [0.3, 0.4) is 0 Å². The molecule has 5 heteroatoms. The van der Waals surface area contributed by atoms with Gasteiger partial charge in [0.1, 0.15) is 0 Å². The number of anilines is 1. The van der Waals surface area contributed by atoms with E-state index in [2.05, 4.69) is 42.5 Å². The topological polar surface area (TPSA) is 41.4 Å². The number of aryl methyl sites for hydroxylation is 1. The van der Waals surface area contributed by atoms with Gasteiger partial charge in [0.05, 0.1) is 11.9 Å². The van der Waals surface area contributed by atoms with E-state index in [-0.39, 0.29) is 5.91 Å². The lowest BCUT2D eigenvalue weighted by Gasteiger charge is -2.31. The van der Waals surface area contributed by atoms with Gasteiger partial charge in [0, 0.05) is 44.6 Å². The fourth-order valence-electron chi connectivity index (χ4n) is 3.89. The number of benzene rings is 2. The maximum Gasteiger partial charge on any atom is 0.253 e. The van der Waals surface area contributed by atoms with Crippen LogP contribution in [0.15, 0.2) is 60.9 Å². The van der Waals surface area contributed by atoms with Gasteiger partial charge in [0.2, 0.25) is 0 Å². The summed E-state index contributed by atoms with van der Waals surface area (Å²) in [5.74, 6) is 0.582. The molecule has 5 nitrogen and oxygen atoms in total. The highest BCUT2D eigenvalue weighted by Crippen LogP contribution is 2.29. The fourth-order valence-corrected chi connectivity index (χ4v) is 3.89. The molecule has 0 bridgehead atoms. The zero-order valence-corrected chi connectivity index (χ0v) is 17.4. The number of hydrogen-bond acceptors (Lipinski definition) is 3. The van der Waals surface area contributed by atoms with Crippen molar-refractivity contribution in [2.24, 2.45) is 0 Å². The number of likely N-dealkylation sites (tertiary alicyclic amines) is 1. The first kappa shape index (κ1) is 19.2. The molecule has 1 aliphatic rings. The van der Waals surface area contributed by atoms with Crippen molar-refractivity contribution >= 4 is 11.6 Å². The van der Waals surface area contributed by atoms with Crippen LogP contribution in [0.4, 0.5) is 5.69 Å². The van der Waals surface area contributed by atoms with Crippen LogP contribution in [-0.2, 0) is 0 Å². The van der Waals surface area contributed by atoms with Crippen LogP contribution >= 0.6 is 0 Å². The van der Waals surface area contributed by atoms with E-state index in [1.54, 1.807) is 0 Å². The highest BCUT2D eigenvalue weighted by Gasteiger charge is 2.25. The number of carbonyl (C=O) groups is 1. The average Bonchev–Trinajstić information content (AvgIpc) is 3.24. The molecule has 1 fully saturated rings. The second-order valence-electron chi connectivity index (χ2n) is 8.06. The van der Waals surface area contributed by atoms with Gasteiger partial charge in [-0.15, -0.1) is 0 Å². The Labute approximate surface area is 172 Å². The highest BCUT2D eigenvalue weighted by atomic mass is 16.2. The molecule has 2 aromatic carbocycles. The van der Waals surface area contributed by atoms with Crippen molar-refractivity contribution in [1.82, 2.24) is 14.7 Å². The van der Waals surface area contributed by atoms with Crippen LogP contribution in [0.1, 0.15) is 40.2 Å². The van der Waals surface area contributed by atoms with Crippen LogP contribution in [0.5, 0.6) is 0 Å². The molecule has 1 aromatic heterocycles. The summed E-state index contributed by atoms with van der Waals surface area (Å²) in [4.78, 5) is 16.9. The van der Waals surface area contributed by atoms with Gasteiger partial charge in [0.15, 0.2) is 0 Å². The van der Waals surface area contributed by atoms with E-state index >= 15 is 0 Å². The third-order valence-electron chi connectivity index (χ3n) is 5.79. The van der Waals surface area contributed by atoms with Gasteiger partial charge < -0.3 is 9.80 Å². The SMILES string of the molecule is Cc1ccc(-n2cc(C3CCN(C(=O)c4ccc(N(C)C)cc4)CC3)cn2)cc1. The molecule has 1 amide bonds. The first-order valence-corrected chi connectivity index (χ1v) is 10.2. The molecule has 3 aromatic rings. The zero-order chi connectivity index (χ0) is 20.4. The zero-order valence-electron chi connectivity index (χ0n) is 17.4. The smallest absolute Gasteiger partial charge is 0.253 e. The van der Waals surface area contributed by atoms with Crippen molar-refractivity contribution < 1.29 is 4.79 Å². The number of rotatable bonds is 4. The van der Waals surface area contributed by atoms with Gasteiger partial charge in [0.25, 0.3) is 5.91 Å². The van der Waals surface area contributed by atoms with E-state index in [0.717, 1.165) is 42.9 Å². The summed E-state index contributed by atoms with van der Waals surface area (Å²) >= 11 is 0. The van der Waals surface area contributed by atoms with Crippen LogP contribution in [0.25, 0.3) is 5.69 Å². The molecule has 0 unspecified atom stereocenters. The molecule has 0 aliphatic carbocycles. The maximum atomic E-state index is 12.8. The molecule has 0 N–H and O–H groups in total. The normalized spacial score (nSPS) is 14.8. The Bertz CT molecular complexity index is 965. The Balaban J connectivity index is 1.38. The quantitative estimate of drug-likeness (QED) is 0.670. The average molecular weight is 389 g/mol. The Kier molecular flexibility index (Phi) is 5.38. The van der Waals surface area contributed by atoms with Gasteiger partial charge in [-0.3, -0.25) is 4.79 Å². The lowest BCUT2D eigenvalue weighted by molar-refractivity contribution is 0.0713. The minimum absolute atomic E-state index is 0.129. The Morgan fingerprint density at radius 3 is 2.28 bits per heavy atom. The molecule has 1 saturated heterocycles. The van der Waals surface area contributed by atoms with Crippen molar-refractivity contribution in [3.8, 4) is 5.69 Å². The Morgan fingerprint density at radius 1 is 1.00 bits per heavy atom. The third kappa shape index (κ3) is 4.19. The maximum absolute atomic E-state index is 12.8. The van der Waals surface area contributed by atoms with E-state index in [9.17, 15) is 4.79 Å². The predicted molar refractivity (Wildman–Crippen MR) is 117 cm³/mol. The first-order chi connectivity index (χ1) is 14.0. The summed E-state index contributed by atoms with van der Waals surface area (Å²) in [7, 11) is 4.01. The molecule has 2 heterocycles. The summed E-state index contributed by atoms with van der Waals surface area (Å²) in [6.45, 7) is 3.66. The molecule has 0 spiro atoms. The fraction of sp³-hybridized carbons (Fsp3) is 0.333. The molecular weight excluding hydrogens is 360 g/mol. The van der Waals surface area contributed by atoms with Crippen LogP contribution < -0.4 is 4.90 Å². The number of nitrogens with zero attached hydrogens (tertiary/aromatic N) is 4. The van der Waals surface area contributed by atoms with E-state index in [0.29, 0.717) is 5.92 Å². The van der Waals surface area contributed by atoms with Crippen molar-refractivity contribution in [3.05, 3.63) is 77.6 Å². The van der Waals surface area contributed by atoms with Gasteiger partial charge in [-0.2, -0.15) is 5.10 Å². The number of aromatic nitrogens is 2. The molecule has 0 saturated carbocycles. The summed E-state index contributed by atoms with van der Waals surface area (Å²) in [5, 5.41) is 4.55. The van der Waals surface area contributed by atoms with Crippen LogP contribution in [0.2, 0.25) is 0 Å². The number of carbonyl (C=O) groups excluding carboxylic acids is 1. The van der Waals surface area contributed by atoms with E-state index in [1.165, 1.54) is 11.1 Å². The van der Waals surface area contributed by atoms with E-state index in [4.69, 9.17) is 0 Å². The largest absolute Gasteiger partial charge is 0.378 e. The molecular formula is C24H28N4O. The Morgan fingerprint density at radius 2 is 1.66 bits per heavy atom. The Hall–Kier alpha value is -3.08. The molecule has 29 heavy (non-hydrogen) atoms. The van der Waals surface area contributed by atoms with Gasteiger partial charge >= 0.3 is 0 Å². The first-order valence-electron chi connectivity index (χ1n) is 10.2. The van der Waals surface area contributed by atoms with Crippen LogP contribution in [0, 0.1) is 6.92 Å². The summed E-state index contributed by atoms with van der Waals surface area (Å²) in [6.07, 6.45) is 6.05. The van der Waals surface area contributed by atoms with Crippen LogP contribution in [-0.4, -0.2) is 47.8 Å². The van der Waals surface area contributed by atoms with Gasteiger partial charge in [-0.1, -0.05) is 17.7 Å². The lowest BCUT2D eigenvalue weighted by atomic mass is 9.91. The number of amides is 1. The molecule has 4 rings (SSSR count). The van der Waals surface area contributed by atoms with Crippen molar-refractivity contribution in [2.75, 3.05) is 32.1 Å². The second kappa shape index (κ2) is 8.11. The number of hydrogen-bond donors (Lipinski definition) is 0. The second-order valence-corrected chi connectivity index (χ2v) is 8.06. The van der Waals surface area contributed by atoms with Crippen molar-refractivity contribution in [3.63, 3.8) is 0 Å². The monoisotopic (exact) mass is 388 g/mol. The lowest BCUT2D eigenvalue weighted by Crippen LogP contribution is -2.37. The third-order valence-corrected chi connectivity index (χ3v) is 5.79. The van der Waals surface area contributed by atoms with E-state index < -0.39 is 0 Å². The molecule has 0 radical (unpaired) electrons. The van der Waals surface area contributed by atoms with Gasteiger partial charge in [-0.05, 0) is 67.6 Å².